The number of anilines is 1. The molecule has 1 aliphatic carbocycles. The monoisotopic (exact) mass is 426 g/mol. The topological polar surface area (TPSA) is 76.7 Å². The molecule has 156 valence electrons. The second-order valence-corrected chi connectivity index (χ2v) is 8.50. The predicted molar refractivity (Wildman–Crippen MR) is 112 cm³/mol. The molecule has 0 radical (unpaired) electrons. The van der Waals surface area contributed by atoms with Crippen LogP contribution in [0.1, 0.15) is 35.1 Å². The lowest BCUT2D eigenvalue weighted by atomic mass is 9.95. The Hall–Kier alpha value is -2.57. The fraction of sp³-hybridized carbons (Fsp3) is 0.391. The van der Waals surface area contributed by atoms with E-state index in [9.17, 15) is 9.59 Å². The van der Waals surface area contributed by atoms with Crippen LogP contribution in [0.15, 0.2) is 36.4 Å². The lowest BCUT2D eigenvalue weighted by Crippen LogP contribution is -2.43. The molecule has 0 amide bonds. The van der Waals surface area contributed by atoms with E-state index in [1.807, 2.05) is 6.07 Å². The van der Waals surface area contributed by atoms with Gasteiger partial charge in [0.05, 0.1) is 30.1 Å². The van der Waals surface area contributed by atoms with Crippen molar-refractivity contribution in [3.63, 3.8) is 0 Å². The molecule has 2 aromatic carbocycles. The van der Waals surface area contributed by atoms with Crippen molar-refractivity contribution >= 4 is 29.2 Å². The quantitative estimate of drug-likeness (QED) is 0.719. The van der Waals surface area contributed by atoms with Crippen LogP contribution in [-0.2, 0) is 44.1 Å². The highest BCUT2D eigenvalue weighted by Crippen LogP contribution is 2.41. The first-order valence-corrected chi connectivity index (χ1v) is 10.7. The minimum atomic E-state index is -1.46. The van der Waals surface area contributed by atoms with E-state index >= 15 is 0 Å². The first-order chi connectivity index (χ1) is 14.5. The highest BCUT2D eigenvalue weighted by molar-refractivity contribution is 6.33. The van der Waals surface area contributed by atoms with E-state index in [1.54, 1.807) is 6.07 Å². The number of hydrogen-bond acceptors (Lipinski definition) is 6. The Bertz CT molecular complexity index is 979. The van der Waals surface area contributed by atoms with E-state index in [0.29, 0.717) is 23.6 Å². The van der Waals surface area contributed by atoms with Crippen LogP contribution in [-0.4, -0.2) is 31.1 Å². The molecule has 2 N–H and O–H groups in total. The fourth-order valence-electron chi connectivity index (χ4n) is 4.70. The summed E-state index contributed by atoms with van der Waals surface area (Å²) in [7, 11) is 0. The van der Waals surface area contributed by atoms with Crippen molar-refractivity contribution in [3.05, 3.63) is 63.7 Å². The normalized spacial score (nSPS) is 20.6. The van der Waals surface area contributed by atoms with Crippen LogP contribution in [0, 0.1) is 0 Å². The van der Waals surface area contributed by atoms with Gasteiger partial charge >= 0.3 is 11.9 Å². The number of benzene rings is 2. The number of fused-ring (bicyclic) bond motifs is 3. The molecule has 2 aromatic rings. The summed E-state index contributed by atoms with van der Waals surface area (Å²) in [6, 6.07) is 12.3. The van der Waals surface area contributed by atoms with Gasteiger partial charge in [0, 0.05) is 11.6 Å². The molecular weight excluding hydrogens is 404 g/mol. The summed E-state index contributed by atoms with van der Waals surface area (Å²) in [6.45, 7) is 0.872. The molecule has 1 spiro atoms. The molecule has 7 heteroatoms. The molecule has 0 aromatic heterocycles. The summed E-state index contributed by atoms with van der Waals surface area (Å²) < 4.78 is 11.4. The van der Waals surface area contributed by atoms with Crippen molar-refractivity contribution in [2.24, 2.45) is 0 Å². The van der Waals surface area contributed by atoms with Gasteiger partial charge in [0.15, 0.2) is 0 Å². The van der Waals surface area contributed by atoms with Crippen LogP contribution >= 0.6 is 11.6 Å². The second kappa shape index (κ2) is 7.60. The molecular formula is C23H23ClN2O4. The molecule has 1 fully saturated rings. The lowest BCUT2D eigenvalue weighted by Gasteiger charge is -2.32. The Morgan fingerprint density at radius 1 is 0.967 bits per heavy atom. The number of ether oxygens (including phenoxy) is 2. The molecule has 0 unspecified atom stereocenters. The molecule has 1 saturated heterocycles. The van der Waals surface area contributed by atoms with Crippen molar-refractivity contribution in [1.82, 2.24) is 5.32 Å². The van der Waals surface area contributed by atoms with Gasteiger partial charge in [-0.2, -0.15) is 0 Å². The Labute approximate surface area is 179 Å². The van der Waals surface area contributed by atoms with Gasteiger partial charge < -0.3 is 20.1 Å². The largest absolute Gasteiger partial charge is 0.416 e. The number of rotatable bonds is 2. The van der Waals surface area contributed by atoms with Crippen LogP contribution in [0.5, 0.6) is 0 Å². The second-order valence-electron chi connectivity index (χ2n) is 8.09. The zero-order chi connectivity index (χ0) is 20.7. The molecule has 0 bridgehead atoms. The standard InChI is InChI=1S/C23H23ClN2O4/c24-19-6-5-18-17(22(19)26-16-11-14-3-1-2-4-15(14)12-16)9-10-25-13-23(18)29-20(27)7-8-21(28)30-23/h1-6,16,25-26H,7-13H2. The van der Waals surface area contributed by atoms with Crippen molar-refractivity contribution in [2.75, 3.05) is 18.4 Å². The average Bonchev–Trinajstić information content (AvgIpc) is 2.97. The van der Waals surface area contributed by atoms with Crippen LogP contribution in [0.25, 0.3) is 0 Å². The molecule has 6 nitrogen and oxygen atoms in total. The van der Waals surface area contributed by atoms with Crippen LogP contribution in [0.4, 0.5) is 5.69 Å². The van der Waals surface area contributed by atoms with E-state index in [-0.39, 0.29) is 25.4 Å². The number of nitrogens with one attached hydrogen (secondary N) is 2. The molecule has 2 aliphatic heterocycles. The number of hydrogen-bond donors (Lipinski definition) is 2. The summed E-state index contributed by atoms with van der Waals surface area (Å²) >= 11 is 6.62. The third-order valence-electron chi connectivity index (χ3n) is 6.07. The molecule has 30 heavy (non-hydrogen) atoms. The summed E-state index contributed by atoms with van der Waals surface area (Å²) in [6.07, 6.45) is 2.56. The predicted octanol–water partition coefficient (Wildman–Crippen LogP) is 3.10. The Kier molecular flexibility index (Phi) is 4.91. The van der Waals surface area contributed by atoms with E-state index in [1.165, 1.54) is 11.1 Å². The summed E-state index contributed by atoms with van der Waals surface area (Å²) in [5, 5.41) is 7.49. The van der Waals surface area contributed by atoms with Crippen molar-refractivity contribution in [1.29, 1.82) is 0 Å². The zero-order valence-corrected chi connectivity index (χ0v) is 17.3. The van der Waals surface area contributed by atoms with Gasteiger partial charge in [-0.3, -0.25) is 9.59 Å². The highest BCUT2D eigenvalue weighted by atomic mass is 35.5. The number of carbonyl (C=O) groups is 2. The van der Waals surface area contributed by atoms with Crippen molar-refractivity contribution in [2.45, 2.75) is 43.9 Å². The summed E-state index contributed by atoms with van der Waals surface area (Å²) in [5.41, 5.74) is 5.12. The maximum absolute atomic E-state index is 12.3. The minimum Gasteiger partial charge on any atom is -0.416 e. The number of halogens is 1. The van der Waals surface area contributed by atoms with Gasteiger partial charge in [-0.1, -0.05) is 35.9 Å². The number of carbonyl (C=O) groups excluding carboxylic acids is 2. The van der Waals surface area contributed by atoms with E-state index in [2.05, 4.69) is 34.9 Å². The lowest BCUT2D eigenvalue weighted by molar-refractivity contribution is -0.225. The van der Waals surface area contributed by atoms with Gasteiger partial charge in [-0.05, 0) is 54.6 Å². The van der Waals surface area contributed by atoms with Gasteiger partial charge in [-0.25, -0.2) is 0 Å². The molecule has 0 atom stereocenters. The Morgan fingerprint density at radius 2 is 1.63 bits per heavy atom. The first kappa shape index (κ1) is 19.4. The molecule has 3 aliphatic rings. The molecule has 5 rings (SSSR count). The van der Waals surface area contributed by atoms with Gasteiger partial charge in [0.1, 0.15) is 0 Å². The van der Waals surface area contributed by atoms with Crippen LogP contribution in [0.3, 0.4) is 0 Å². The fourth-order valence-corrected chi connectivity index (χ4v) is 4.93. The Balaban J connectivity index is 1.53. The van der Waals surface area contributed by atoms with Crippen LogP contribution < -0.4 is 10.6 Å². The van der Waals surface area contributed by atoms with Gasteiger partial charge in [0.2, 0.25) is 0 Å². The van der Waals surface area contributed by atoms with E-state index in [0.717, 1.165) is 24.1 Å². The van der Waals surface area contributed by atoms with Crippen molar-refractivity contribution < 1.29 is 19.1 Å². The average molecular weight is 427 g/mol. The zero-order valence-electron chi connectivity index (χ0n) is 16.5. The van der Waals surface area contributed by atoms with Crippen molar-refractivity contribution in [3.8, 4) is 0 Å². The number of esters is 2. The minimum absolute atomic E-state index is 0.0228. The van der Waals surface area contributed by atoms with Gasteiger partial charge in [-0.15, -0.1) is 0 Å². The SMILES string of the molecule is O=C1CCC(=O)OC2(CNCCc3c2ccc(Cl)c3NC2Cc3ccccc3C2)O1. The van der Waals surface area contributed by atoms with Gasteiger partial charge in [0.25, 0.3) is 5.79 Å². The molecule has 0 saturated carbocycles. The smallest absolute Gasteiger partial charge is 0.309 e. The summed E-state index contributed by atoms with van der Waals surface area (Å²) in [5.74, 6) is -2.34. The summed E-state index contributed by atoms with van der Waals surface area (Å²) in [4.78, 5) is 24.5. The van der Waals surface area contributed by atoms with Crippen LogP contribution in [0.2, 0.25) is 5.02 Å². The third-order valence-corrected chi connectivity index (χ3v) is 6.39. The first-order valence-electron chi connectivity index (χ1n) is 10.3. The Morgan fingerprint density at radius 3 is 2.30 bits per heavy atom. The maximum Gasteiger partial charge on any atom is 0.309 e. The highest BCUT2D eigenvalue weighted by Gasteiger charge is 2.46. The van der Waals surface area contributed by atoms with E-state index in [4.69, 9.17) is 21.1 Å². The van der Waals surface area contributed by atoms with E-state index < -0.39 is 17.7 Å². The molecule has 2 heterocycles. The maximum atomic E-state index is 12.3. The third kappa shape index (κ3) is 3.44.